The maximum absolute atomic E-state index is 13.2. The van der Waals surface area contributed by atoms with Crippen LogP contribution in [0.2, 0.25) is 10.0 Å². The van der Waals surface area contributed by atoms with Gasteiger partial charge in [0.05, 0.1) is 16.1 Å². The molecule has 0 aliphatic carbocycles. The number of carbonyl (C=O) groups is 2. The first-order chi connectivity index (χ1) is 18.7. The maximum atomic E-state index is 13.2. The highest BCUT2D eigenvalue weighted by Gasteiger charge is 2.25. The van der Waals surface area contributed by atoms with Crippen molar-refractivity contribution in [1.82, 2.24) is 14.8 Å². The van der Waals surface area contributed by atoms with E-state index in [0.29, 0.717) is 60.0 Å². The number of carbonyl (C=O) groups excluding carboxylic acids is 2. The smallest absolute Gasteiger partial charge is 0.264 e. The standard InChI is InChI=1S/C28H24Cl2N4O4S/c29-21-9-12-23(24(30)18-21)28(36)34-15-3-14-33(16-17-34)27(35)20-7-10-22(11-8-20)32-39(37,38)25-6-1-4-19-5-2-13-31-26(19)25/h1-2,4-13,18,32H,3,14-17H2. The average molecular weight is 583 g/mol. The van der Waals surface area contributed by atoms with E-state index in [0.717, 1.165) is 5.39 Å². The molecule has 0 radical (unpaired) electrons. The highest BCUT2D eigenvalue weighted by atomic mass is 35.5. The number of nitrogens with zero attached hydrogens (tertiary/aromatic N) is 3. The topological polar surface area (TPSA) is 99.7 Å². The van der Waals surface area contributed by atoms with Gasteiger partial charge in [0.1, 0.15) is 4.90 Å². The van der Waals surface area contributed by atoms with Crippen molar-refractivity contribution in [3.8, 4) is 0 Å². The van der Waals surface area contributed by atoms with Crippen LogP contribution < -0.4 is 4.72 Å². The fourth-order valence-corrected chi connectivity index (χ4v) is 6.25. The first-order valence-corrected chi connectivity index (χ1v) is 14.5. The van der Waals surface area contributed by atoms with Gasteiger partial charge in [-0.25, -0.2) is 8.42 Å². The molecular weight excluding hydrogens is 559 g/mol. The first kappa shape index (κ1) is 26.9. The predicted molar refractivity (Wildman–Crippen MR) is 152 cm³/mol. The molecule has 39 heavy (non-hydrogen) atoms. The lowest BCUT2D eigenvalue weighted by atomic mass is 10.2. The van der Waals surface area contributed by atoms with Crippen molar-refractivity contribution in [2.45, 2.75) is 11.3 Å². The van der Waals surface area contributed by atoms with Gasteiger partial charge in [0.15, 0.2) is 0 Å². The number of nitrogens with one attached hydrogen (secondary N) is 1. The molecule has 2 heterocycles. The molecule has 0 saturated carbocycles. The Morgan fingerprint density at radius 3 is 2.23 bits per heavy atom. The second-order valence-electron chi connectivity index (χ2n) is 9.08. The van der Waals surface area contributed by atoms with E-state index in [9.17, 15) is 18.0 Å². The van der Waals surface area contributed by atoms with Gasteiger partial charge in [0.25, 0.3) is 21.8 Å². The third-order valence-corrected chi connectivity index (χ3v) is 8.46. The van der Waals surface area contributed by atoms with Crippen molar-refractivity contribution in [2.24, 2.45) is 0 Å². The summed E-state index contributed by atoms with van der Waals surface area (Å²) in [4.78, 5) is 33.9. The van der Waals surface area contributed by atoms with Gasteiger partial charge in [0.2, 0.25) is 0 Å². The second kappa shape index (κ2) is 11.2. The Labute approximate surface area is 236 Å². The zero-order valence-electron chi connectivity index (χ0n) is 20.7. The highest BCUT2D eigenvalue weighted by molar-refractivity contribution is 7.93. The molecule has 0 spiro atoms. The molecule has 1 aliphatic heterocycles. The van der Waals surface area contributed by atoms with Gasteiger partial charge in [-0.3, -0.25) is 19.3 Å². The third kappa shape index (κ3) is 5.85. The molecule has 1 aliphatic rings. The van der Waals surface area contributed by atoms with Gasteiger partial charge in [0, 0.05) is 54.0 Å². The average Bonchev–Trinajstić information content (AvgIpc) is 3.19. The van der Waals surface area contributed by atoms with Crippen molar-refractivity contribution < 1.29 is 18.0 Å². The minimum atomic E-state index is -3.90. The Morgan fingerprint density at radius 1 is 0.821 bits per heavy atom. The van der Waals surface area contributed by atoms with Crippen molar-refractivity contribution in [1.29, 1.82) is 0 Å². The molecular formula is C28H24Cl2N4O4S. The quantitative estimate of drug-likeness (QED) is 0.343. The van der Waals surface area contributed by atoms with E-state index in [1.54, 1.807) is 76.7 Å². The summed E-state index contributed by atoms with van der Waals surface area (Å²) in [5.41, 5.74) is 1.50. The summed E-state index contributed by atoms with van der Waals surface area (Å²) in [6, 6.07) is 19.6. The summed E-state index contributed by atoms with van der Waals surface area (Å²) in [5, 5.41) is 1.46. The van der Waals surface area contributed by atoms with Gasteiger partial charge in [-0.2, -0.15) is 0 Å². The fraction of sp³-hybridized carbons (Fsp3) is 0.179. The molecule has 1 saturated heterocycles. The van der Waals surface area contributed by atoms with Crippen LogP contribution in [-0.2, 0) is 10.0 Å². The summed E-state index contributed by atoms with van der Waals surface area (Å²) in [6.07, 6.45) is 2.16. The number of para-hydroxylation sites is 1. The molecule has 8 nitrogen and oxygen atoms in total. The number of benzene rings is 3. The molecule has 0 bridgehead atoms. The molecule has 200 valence electrons. The zero-order chi connectivity index (χ0) is 27.6. The van der Waals surface area contributed by atoms with Crippen LogP contribution in [0.15, 0.2) is 83.9 Å². The minimum Gasteiger partial charge on any atom is -0.337 e. The van der Waals surface area contributed by atoms with Crippen molar-refractivity contribution in [2.75, 3.05) is 30.9 Å². The van der Waals surface area contributed by atoms with Crippen molar-refractivity contribution in [3.63, 3.8) is 0 Å². The number of sulfonamides is 1. The zero-order valence-corrected chi connectivity index (χ0v) is 23.0. The normalized spacial score (nSPS) is 14.2. The Balaban J connectivity index is 1.25. The van der Waals surface area contributed by atoms with E-state index in [2.05, 4.69) is 9.71 Å². The number of anilines is 1. The lowest BCUT2D eigenvalue weighted by Crippen LogP contribution is -2.37. The number of hydrogen-bond donors (Lipinski definition) is 1. The summed E-state index contributed by atoms with van der Waals surface area (Å²) in [7, 11) is -3.90. The largest absolute Gasteiger partial charge is 0.337 e. The SMILES string of the molecule is O=C(c1ccc(NS(=O)(=O)c2cccc3cccnc23)cc1)N1CCCN(C(=O)c2ccc(Cl)cc2Cl)CC1. The number of hydrogen-bond acceptors (Lipinski definition) is 5. The summed E-state index contributed by atoms with van der Waals surface area (Å²) in [6.45, 7) is 1.70. The fourth-order valence-electron chi connectivity index (χ4n) is 4.52. The molecule has 1 fully saturated rings. The van der Waals surface area contributed by atoms with Crippen LogP contribution in [0, 0.1) is 0 Å². The third-order valence-electron chi connectivity index (χ3n) is 6.50. The Morgan fingerprint density at radius 2 is 1.51 bits per heavy atom. The molecule has 4 aromatic rings. The number of amides is 2. The number of aromatic nitrogens is 1. The molecule has 11 heteroatoms. The lowest BCUT2D eigenvalue weighted by Gasteiger charge is -2.23. The van der Waals surface area contributed by atoms with Gasteiger partial charge in [-0.15, -0.1) is 0 Å². The molecule has 1 aromatic heterocycles. The molecule has 1 N–H and O–H groups in total. The monoisotopic (exact) mass is 582 g/mol. The molecule has 2 amide bonds. The van der Waals surface area contributed by atoms with Crippen LogP contribution in [0.25, 0.3) is 10.9 Å². The van der Waals surface area contributed by atoms with Crippen molar-refractivity contribution in [3.05, 3.63) is 100 Å². The summed E-state index contributed by atoms with van der Waals surface area (Å²) >= 11 is 12.2. The van der Waals surface area contributed by atoms with Gasteiger partial charge in [-0.1, -0.05) is 41.4 Å². The van der Waals surface area contributed by atoms with E-state index in [4.69, 9.17) is 23.2 Å². The van der Waals surface area contributed by atoms with Crippen LogP contribution >= 0.6 is 23.2 Å². The summed E-state index contributed by atoms with van der Waals surface area (Å²) < 4.78 is 28.7. The van der Waals surface area contributed by atoms with E-state index in [1.165, 1.54) is 12.1 Å². The van der Waals surface area contributed by atoms with Gasteiger partial charge >= 0.3 is 0 Å². The highest BCUT2D eigenvalue weighted by Crippen LogP contribution is 2.25. The van der Waals surface area contributed by atoms with Crippen LogP contribution in [0.3, 0.4) is 0 Å². The number of fused-ring (bicyclic) bond motifs is 1. The number of halogens is 2. The van der Waals surface area contributed by atoms with Gasteiger partial charge < -0.3 is 9.80 Å². The van der Waals surface area contributed by atoms with Crippen LogP contribution in [0.4, 0.5) is 5.69 Å². The van der Waals surface area contributed by atoms with E-state index >= 15 is 0 Å². The van der Waals surface area contributed by atoms with E-state index in [-0.39, 0.29) is 21.7 Å². The van der Waals surface area contributed by atoms with Crippen LogP contribution in [-0.4, -0.2) is 61.2 Å². The summed E-state index contributed by atoms with van der Waals surface area (Å²) in [5.74, 6) is -0.398. The van der Waals surface area contributed by atoms with Crippen molar-refractivity contribution >= 4 is 61.6 Å². The number of pyridine rings is 1. The van der Waals surface area contributed by atoms with Crippen LogP contribution in [0.5, 0.6) is 0 Å². The molecule has 0 unspecified atom stereocenters. The second-order valence-corrected chi connectivity index (χ2v) is 11.6. The maximum Gasteiger partial charge on any atom is 0.264 e. The Kier molecular flexibility index (Phi) is 7.74. The Bertz CT molecular complexity index is 1660. The predicted octanol–water partition coefficient (Wildman–Crippen LogP) is 5.33. The van der Waals surface area contributed by atoms with E-state index in [1.807, 2.05) is 0 Å². The number of rotatable bonds is 5. The molecule has 5 rings (SSSR count). The Hall–Kier alpha value is -3.66. The minimum absolute atomic E-state index is 0.0734. The molecule has 0 atom stereocenters. The van der Waals surface area contributed by atoms with E-state index < -0.39 is 10.0 Å². The van der Waals surface area contributed by atoms with Gasteiger partial charge in [-0.05, 0) is 61.0 Å². The van der Waals surface area contributed by atoms with Crippen LogP contribution in [0.1, 0.15) is 27.1 Å². The molecule has 3 aromatic carbocycles. The first-order valence-electron chi connectivity index (χ1n) is 12.2. The lowest BCUT2D eigenvalue weighted by molar-refractivity contribution is 0.0719.